The van der Waals surface area contributed by atoms with Crippen molar-refractivity contribution in [2.45, 2.75) is 13.3 Å². The molecule has 0 aromatic carbocycles. The molecule has 1 unspecified atom stereocenters. The van der Waals surface area contributed by atoms with E-state index in [1.165, 1.54) is 11.0 Å². The van der Waals surface area contributed by atoms with Crippen LogP contribution < -0.4 is 10.6 Å². The minimum Gasteiger partial charge on any atom is -0.461 e. The number of aromatic nitrogens is 2. The average Bonchev–Trinajstić information content (AvgIpc) is 2.95. The van der Waals surface area contributed by atoms with Gasteiger partial charge < -0.3 is 10.5 Å². The third-order valence-electron chi connectivity index (χ3n) is 2.87. The van der Waals surface area contributed by atoms with Crippen molar-refractivity contribution in [1.82, 2.24) is 10.2 Å². The fraction of sp³-hybridized carbons (Fsp3) is 0.545. The third-order valence-corrected chi connectivity index (χ3v) is 2.87. The number of ether oxygens (including phenoxy) is 1. The van der Waals surface area contributed by atoms with Gasteiger partial charge in [0, 0.05) is 19.0 Å². The van der Waals surface area contributed by atoms with E-state index in [1.807, 2.05) is 0 Å². The van der Waals surface area contributed by atoms with Crippen molar-refractivity contribution >= 4 is 17.7 Å². The first kappa shape index (κ1) is 12.6. The molecule has 1 amide bonds. The summed E-state index contributed by atoms with van der Waals surface area (Å²) >= 11 is 0. The summed E-state index contributed by atoms with van der Waals surface area (Å²) in [5, 5.41) is 6.53. The Morgan fingerprint density at radius 2 is 2.50 bits per heavy atom. The van der Waals surface area contributed by atoms with Crippen molar-refractivity contribution in [2.75, 3.05) is 24.6 Å². The molecule has 7 heteroatoms. The zero-order valence-electron chi connectivity index (χ0n) is 10.2. The van der Waals surface area contributed by atoms with Crippen LogP contribution in [0.15, 0.2) is 6.07 Å². The van der Waals surface area contributed by atoms with Gasteiger partial charge in [0.2, 0.25) is 5.91 Å². The predicted molar refractivity (Wildman–Crippen MR) is 64.1 cm³/mol. The molecule has 1 aromatic rings. The Labute approximate surface area is 104 Å². The van der Waals surface area contributed by atoms with Gasteiger partial charge in [-0.2, -0.15) is 5.10 Å². The van der Waals surface area contributed by atoms with E-state index in [9.17, 15) is 9.59 Å². The molecule has 1 aromatic heterocycles. The van der Waals surface area contributed by atoms with Gasteiger partial charge in [-0.25, -0.2) is 4.79 Å². The van der Waals surface area contributed by atoms with Gasteiger partial charge in [0.05, 0.1) is 6.61 Å². The second-order valence-corrected chi connectivity index (χ2v) is 4.17. The monoisotopic (exact) mass is 252 g/mol. The highest BCUT2D eigenvalue weighted by Crippen LogP contribution is 2.23. The van der Waals surface area contributed by atoms with E-state index in [0.29, 0.717) is 31.9 Å². The Bertz CT molecular complexity index is 457. The second-order valence-electron chi connectivity index (χ2n) is 4.17. The molecule has 2 heterocycles. The Morgan fingerprint density at radius 3 is 3.11 bits per heavy atom. The van der Waals surface area contributed by atoms with Crippen molar-refractivity contribution in [3.63, 3.8) is 0 Å². The van der Waals surface area contributed by atoms with Crippen LogP contribution in [0.1, 0.15) is 23.8 Å². The molecule has 2 rings (SSSR count). The molecular weight excluding hydrogens is 236 g/mol. The van der Waals surface area contributed by atoms with Gasteiger partial charge in [0.1, 0.15) is 5.69 Å². The summed E-state index contributed by atoms with van der Waals surface area (Å²) < 4.78 is 4.84. The van der Waals surface area contributed by atoms with Crippen molar-refractivity contribution in [3.8, 4) is 0 Å². The largest absolute Gasteiger partial charge is 0.461 e. The summed E-state index contributed by atoms with van der Waals surface area (Å²) in [5.41, 5.74) is 5.79. The van der Waals surface area contributed by atoms with E-state index >= 15 is 0 Å². The number of carbonyl (C=O) groups excluding carboxylic acids is 2. The molecule has 3 N–H and O–H groups in total. The average molecular weight is 252 g/mol. The number of aromatic amines is 1. The number of carbonyl (C=O) groups is 2. The molecule has 1 fully saturated rings. The van der Waals surface area contributed by atoms with Crippen LogP contribution in [0.3, 0.4) is 0 Å². The van der Waals surface area contributed by atoms with Gasteiger partial charge >= 0.3 is 5.97 Å². The van der Waals surface area contributed by atoms with E-state index < -0.39 is 5.97 Å². The number of nitrogens with two attached hydrogens (primary N) is 1. The standard InChI is InChI=1S/C11H16N4O3/c1-2-18-11(17)8-4-9(14-13-8)15-6-7(5-12)3-10(15)16/h4,7H,2-3,5-6,12H2,1H3,(H,13,14). The molecule has 0 radical (unpaired) electrons. The minimum atomic E-state index is -0.474. The summed E-state index contributed by atoms with van der Waals surface area (Å²) in [5.74, 6) is 0.102. The molecule has 1 saturated heterocycles. The fourth-order valence-corrected chi connectivity index (χ4v) is 1.92. The van der Waals surface area contributed by atoms with Crippen LogP contribution in [-0.4, -0.2) is 41.8 Å². The van der Waals surface area contributed by atoms with Gasteiger partial charge in [0.15, 0.2) is 5.82 Å². The van der Waals surface area contributed by atoms with Crippen molar-refractivity contribution in [1.29, 1.82) is 0 Å². The number of H-pyrrole nitrogens is 1. The lowest BCUT2D eigenvalue weighted by Crippen LogP contribution is -2.26. The minimum absolute atomic E-state index is 0.0210. The summed E-state index contributed by atoms with van der Waals surface area (Å²) in [7, 11) is 0. The first-order valence-corrected chi connectivity index (χ1v) is 5.88. The van der Waals surface area contributed by atoms with Crippen LogP contribution in [0, 0.1) is 5.92 Å². The maximum atomic E-state index is 11.7. The zero-order valence-corrected chi connectivity index (χ0v) is 10.2. The van der Waals surface area contributed by atoms with E-state index in [-0.39, 0.29) is 17.5 Å². The molecule has 1 atom stereocenters. The Hall–Kier alpha value is -1.89. The lowest BCUT2D eigenvalue weighted by atomic mass is 10.1. The Morgan fingerprint density at radius 1 is 1.72 bits per heavy atom. The van der Waals surface area contributed by atoms with Crippen LogP contribution in [0.2, 0.25) is 0 Å². The molecule has 18 heavy (non-hydrogen) atoms. The van der Waals surface area contributed by atoms with Gasteiger partial charge in [-0.3, -0.25) is 14.8 Å². The quantitative estimate of drug-likeness (QED) is 0.728. The van der Waals surface area contributed by atoms with Crippen LogP contribution in [-0.2, 0) is 9.53 Å². The number of esters is 1. The highest BCUT2D eigenvalue weighted by molar-refractivity contribution is 5.96. The molecule has 1 aliphatic rings. The zero-order chi connectivity index (χ0) is 13.1. The number of nitrogens with one attached hydrogen (secondary N) is 1. The van der Waals surface area contributed by atoms with Gasteiger partial charge in [-0.15, -0.1) is 0 Å². The van der Waals surface area contributed by atoms with Crippen molar-refractivity contribution in [2.24, 2.45) is 11.7 Å². The van der Waals surface area contributed by atoms with Gasteiger partial charge in [-0.1, -0.05) is 0 Å². The molecule has 0 saturated carbocycles. The van der Waals surface area contributed by atoms with E-state index in [2.05, 4.69) is 10.2 Å². The van der Waals surface area contributed by atoms with Gasteiger partial charge in [0.25, 0.3) is 0 Å². The fourth-order valence-electron chi connectivity index (χ4n) is 1.92. The summed E-state index contributed by atoms with van der Waals surface area (Å²) in [6, 6.07) is 1.52. The van der Waals surface area contributed by atoms with Crippen LogP contribution in [0.25, 0.3) is 0 Å². The number of hydrogen-bond acceptors (Lipinski definition) is 5. The van der Waals surface area contributed by atoms with E-state index in [0.717, 1.165) is 0 Å². The lowest BCUT2D eigenvalue weighted by molar-refractivity contribution is -0.117. The molecule has 0 aliphatic carbocycles. The summed E-state index contributed by atoms with van der Waals surface area (Å²) in [4.78, 5) is 24.7. The van der Waals surface area contributed by atoms with Gasteiger partial charge in [-0.05, 0) is 19.4 Å². The lowest BCUT2D eigenvalue weighted by Gasteiger charge is -2.12. The first-order chi connectivity index (χ1) is 8.65. The number of anilines is 1. The predicted octanol–water partition coefficient (Wildman–Crippen LogP) is -0.102. The normalized spacial score (nSPS) is 19.3. The Balaban J connectivity index is 2.11. The van der Waals surface area contributed by atoms with Crippen molar-refractivity contribution < 1.29 is 14.3 Å². The van der Waals surface area contributed by atoms with Crippen LogP contribution in [0.4, 0.5) is 5.82 Å². The topological polar surface area (TPSA) is 101 Å². The molecule has 7 nitrogen and oxygen atoms in total. The third kappa shape index (κ3) is 2.35. The number of nitrogens with zero attached hydrogens (tertiary/aromatic N) is 2. The maximum absolute atomic E-state index is 11.7. The number of amides is 1. The molecule has 0 bridgehead atoms. The van der Waals surface area contributed by atoms with Crippen LogP contribution in [0.5, 0.6) is 0 Å². The molecule has 1 aliphatic heterocycles. The Kier molecular flexibility index (Phi) is 3.61. The first-order valence-electron chi connectivity index (χ1n) is 5.88. The smallest absolute Gasteiger partial charge is 0.356 e. The molecular formula is C11H16N4O3. The van der Waals surface area contributed by atoms with Crippen LogP contribution >= 0.6 is 0 Å². The van der Waals surface area contributed by atoms with Crippen molar-refractivity contribution in [3.05, 3.63) is 11.8 Å². The highest BCUT2D eigenvalue weighted by Gasteiger charge is 2.31. The summed E-state index contributed by atoms with van der Waals surface area (Å²) in [6.45, 7) is 3.04. The summed E-state index contributed by atoms with van der Waals surface area (Å²) in [6.07, 6.45) is 0.429. The molecule has 98 valence electrons. The highest BCUT2D eigenvalue weighted by atomic mass is 16.5. The SMILES string of the molecule is CCOC(=O)c1cc(N2CC(CN)CC2=O)n[nH]1. The number of rotatable bonds is 4. The second kappa shape index (κ2) is 5.18. The molecule has 0 spiro atoms. The van der Waals surface area contributed by atoms with E-state index in [1.54, 1.807) is 6.92 Å². The number of hydrogen-bond donors (Lipinski definition) is 2. The maximum Gasteiger partial charge on any atom is 0.356 e. The van der Waals surface area contributed by atoms with E-state index in [4.69, 9.17) is 10.5 Å².